The van der Waals surface area contributed by atoms with Crippen molar-refractivity contribution in [2.75, 3.05) is 0 Å². The molecule has 0 N–H and O–H groups in total. The molecule has 1 radical (unpaired) electrons. The average Bonchev–Trinajstić information content (AvgIpc) is 3.01. The Kier molecular flexibility index (Phi) is 5.68. The van der Waals surface area contributed by atoms with Crippen LogP contribution >= 0.6 is 0 Å². The number of hydrogen-bond donors (Lipinski definition) is 0. The minimum absolute atomic E-state index is 0.113. The lowest BCUT2D eigenvalue weighted by Crippen LogP contribution is -2.45. The summed E-state index contributed by atoms with van der Waals surface area (Å²) in [5.74, 6) is 0. The van der Waals surface area contributed by atoms with Gasteiger partial charge in [0.25, 0.3) is 0 Å². The molecule has 0 fully saturated rings. The molecular formula is C27H39Si2. The molecule has 0 nitrogen and oxygen atoms in total. The highest BCUT2D eigenvalue weighted by molar-refractivity contribution is 6.91. The van der Waals surface area contributed by atoms with Crippen molar-refractivity contribution in [1.29, 1.82) is 0 Å². The molecule has 29 heavy (non-hydrogen) atoms. The van der Waals surface area contributed by atoms with E-state index in [9.17, 15) is 0 Å². The van der Waals surface area contributed by atoms with Crippen molar-refractivity contribution in [3.63, 3.8) is 0 Å². The Bertz CT molecular complexity index is 925. The van der Waals surface area contributed by atoms with Gasteiger partial charge in [0.05, 0.1) is 16.1 Å². The topological polar surface area (TPSA) is 0 Å². The molecule has 0 heterocycles. The molecule has 0 atom stereocenters. The van der Waals surface area contributed by atoms with E-state index < -0.39 is 16.1 Å². The highest BCUT2D eigenvalue weighted by Crippen LogP contribution is 2.42. The van der Waals surface area contributed by atoms with Crippen LogP contribution in [0.4, 0.5) is 0 Å². The summed E-state index contributed by atoms with van der Waals surface area (Å²) in [6.07, 6.45) is 5.91. The fraction of sp³-hybridized carbons (Fsp3) is 0.444. The lowest BCUT2D eigenvalue weighted by molar-refractivity contribution is 0.592. The second-order valence-corrected chi connectivity index (χ2v) is 21.9. The molecule has 1 aliphatic rings. The predicted molar refractivity (Wildman–Crippen MR) is 138 cm³/mol. The van der Waals surface area contributed by atoms with Crippen molar-refractivity contribution in [2.45, 2.75) is 78.8 Å². The van der Waals surface area contributed by atoms with E-state index >= 15 is 0 Å². The Balaban J connectivity index is 2.39. The maximum absolute atomic E-state index is 2.54. The third kappa shape index (κ3) is 4.54. The minimum Gasteiger partial charge on any atom is -0.0656 e. The first-order valence-electron chi connectivity index (χ1n) is 11.1. The van der Waals surface area contributed by atoms with E-state index in [0.29, 0.717) is 0 Å². The summed E-state index contributed by atoms with van der Waals surface area (Å²) >= 11 is 0. The maximum atomic E-state index is 2.54. The zero-order valence-corrected chi connectivity index (χ0v) is 22.2. The van der Waals surface area contributed by atoms with Gasteiger partial charge in [-0.15, -0.1) is 0 Å². The van der Waals surface area contributed by atoms with Crippen LogP contribution in [0.15, 0.2) is 35.9 Å². The second-order valence-electron chi connectivity index (χ2n) is 11.8. The standard InChI is InChI=1S/C27H39Si2/c1-11-19-14-20-12-13-25(27(2,3)4)26(24(20)15-19)21-16-22(28(5,6)7)18-23(17-21)29(8,9)10/h12-18H,11H2,1-10H3. The van der Waals surface area contributed by atoms with Crippen LogP contribution in [-0.4, -0.2) is 16.1 Å². The van der Waals surface area contributed by atoms with Crippen LogP contribution in [0.2, 0.25) is 39.3 Å². The number of allylic oxidation sites excluding steroid dienone is 1. The molecule has 155 valence electrons. The maximum Gasteiger partial charge on any atom is 0.0776 e. The summed E-state index contributed by atoms with van der Waals surface area (Å²) in [5.41, 5.74) is 8.75. The summed E-state index contributed by atoms with van der Waals surface area (Å²) < 4.78 is 0. The molecular weight excluding hydrogens is 380 g/mol. The van der Waals surface area contributed by atoms with Gasteiger partial charge in [0, 0.05) is 6.42 Å². The van der Waals surface area contributed by atoms with Gasteiger partial charge >= 0.3 is 0 Å². The highest BCUT2D eigenvalue weighted by Gasteiger charge is 2.28. The summed E-state index contributed by atoms with van der Waals surface area (Å²) in [6, 6.07) is 12.3. The summed E-state index contributed by atoms with van der Waals surface area (Å²) in [4.78, 5) is 0. The Labute approximate surface area is 181 Å². The summed E-state index contributed by atoms with van der Waals surface area (Å²) in [6.45, 7) is 24.2. The Morgan fingerprint density at radius 1 is 0.793 bits per heavy atom. The zero-order chi connectivity index (χ0) is 21.8. The molecule has 2 aromatic rings. The van der Waals surface area contributed by atoms with Gasteiger partial charge < -0.3 is 0 Å². The van der Waals surface area contributed by atoms with Crippen molar-refractivity contribution in [1.82, 2.24) is 0 Å². The first-order chi connectivity index (χ1) is 13.2. The van der Waals surface area contributed by atoms with E-state index in [0.717, 1.165) is 6.42 Å². The molecule has 0 amide bonds. The van der Waals surface area contributed by atoms with Crippen LogP contribution in [0, 0.1) is 6.42 Å². The molecule has 0 saturated heterocycles. The summed E-state index contributed by atoms with van der Waals surface area (Å²) in [5, 5.41) is 3.18. The summed E-state index contributed by atoms with van der Waals surface area (Å²) in [7, 11) is -2.84. The SMILES string of the molecule is CCC1=Cc2c(ccc(C(C)(C)C)c2-c2cc([Si](C)(C)C)cc([Si](C)(C)C)c2)[CH]1. The minimum atomic E-state index is -1.42. The number of hydrogen-bond acceptors (Lipinski definition) is 0. The van der Waals surface area contributed by atoms with Crippen molar-refractivity contribution in [2.24, 2.45) is 0 Å². The lowest BCUT2D eigenvalue weighted by Gasteiger charge is -2.28. The number of fused-ring (bicyclic) bond motifs is 1. The molecule has 0 aliphatic heterocycles. The number of rotatable bonds is 4. The first kappa shape index (κ1) is 22.3. The zero-order valence-electron chi connectivity index (χ0n) is 20.2. The Hall–Kier alpha value is -1.39. The third-order valence-corrected chi connectivity index (χ3v) is 10.2. The van der Waals surface area contributed by atoms with Crippen LogP contribution in [0.1, 0.15) is 50.8 Å². The molecule has 0 saturated carbocycles. The molecule has 0 spiro atoms. The molecule has 0 unspecified atom stereocenters. The van der Waals surface area contributed by atoms with Crippen molar-refractivity contribution in [3.8, 4) is 11.1 Å². The monoisotopic (exact) mass is 419 g/mol. The molecule has 2 heteroatoms. The van der Waals surface area contributed by atoms with Crippen molar-refractivity contribution < 1.29 is 0 Å². The molecule has 2 aromatic carbocycles. The highest BCUT2D eigenvalue weighted by atomic mass is 28.3. The van der Waals surface area contributed by atoms with Crippen LogP contribution in [-0.2, 0) is 5.41 Å². The number of benzene rings is 2. The average molecular weight is 420 g/mol. The fourth-order valence-corrected chi connectivity index (χ4v) is 6.62. The normalized spacial score (nSPS) is 14.8. The van der Waals surface area contributed by atoms with E-state index in [1.165, 1.54) is 33.4 Å². The van der Waals surface area contributed by atoms with Crippen molar-refractivity contribution in [3.05, 3.63) is 59.0 Å². The predicted octanol–water partition coefficient (Wildman–Crippen LogP) is 7.10. The largest absolute Gasteiger partial charge is 0.0776 e. The molecule has 0 aromatic heterocycles. The molecule has 0 bridgehead atoms. The first-order valence-corrected chi connectivity index (χ1v) is 18.1. The molecule has 3 rings (SSSR count). The van der Waals surface area contributed by atoms with Gasteiger partial charge in [-0.2, -0.15) is 0 Å². The van der Waals surface area contributed by atoms with Gasteiger partial charge in [0.15, 0.2) is 0 Å². The smallest absolute Gasteiger partial charge is 0.0656 e. The lowest BCUT2D eigenvalue weighted by atomic mass is 9.79. The van der Waals surface area contributed by atoms with Gasteiger partial charge in [0.2, 0.25) is 0 Å². The van der Waals surface area contributed by atoms with E-state index in [2.05, 4.69) is 110 Å². The van der Waals surface area contributed by atoms with Gasteiger partial charge in [-0.1, -0.05) is 119 Å². The van der Waals surface area contributed by atoms with Gasteiger partial charge in [-0.25, -0.2) is 0 Å². The van der Waals surface area contributed by atoms with E-state index in [1.807, 2.05) is 0 Å². The van der Waals surface area contributed by atoms with Crippen LogP contribution in [0.25, 0.3) is 17.2 Å². The van der Waals surface area contributed by atoms with E-state index in [-0.39, 0.29) is 5.41 Å². The third-order valence-electron chi connectivity index (χ3n) is 6.12. The van der Waals surface area contributed by atoms with E-state index in [1.54, 1.807) is 10.4 Å². The van der Waals surface area contributed by atoms with Crippen LogP contribution in [0.5, 0.6) is 0 Å². The van der Waals surface area contributed by atoms with Crippen molar-refractivity contribution >= 4 is 32.6 Å². The van der Waals surface area contributed by atoms with Gasteiger partial charge in [0.1, 0.15) is 0 Å². The van der Waals surface area contributed by atoms with Gasteiger partial charge in [-0.05, 0) is 39.7 Å². The van der Waals surface area contributed by atoms with E-state index in [4.69, 9.17) is 0 Å². The van der Waals surface area contributed by atoms with Gasteiger partial charge in [-0.3, -0.25) is 0 Å². The quantitative estimate of drug-likeness (QED) is 0.464. The van der Waals surface area contributed by atoms with Crippen LogP contribution < -0.4 is 10.4 Å². The Morgan fingerprint density at radius 3 is 1.79 bits per heavy atom. The second kappa shape index (κ2) is 7.39. The van der Waals surface area contributed by atoms with Crippen LogP contribution in [0.3, 0.4) is 0 Å². The fourth-order valence-electron chi connectivity index (χ4n) is 4.12. The Morgan fingerprint density at radius 2 is 1.34 bits per heavy atom. The molecule has 1 aliphatic carbocycles.